The summed E-state index contributed by atoms with van der Waals surface area (Å²) in [5, 5.41) is 20.5. The second-order valence-electron chi connectivity index (χ2n) is 8.59. The second kappa shape index (κ2) is 9.97. The summed E-state index contributed by atoms with van der Waals surface area (Å²) in [7, 11) is 0. The average molecular weight is 542 g/mol. The number of fused-ring (bicyclic) bond motifs is 1. The van der Waals surface area contributed by atoms with E-state index < -0.39 is 48.0 Å². The van der Waals surface area contributed by atoms with E-state index in [0.29, 0.717) is 35.0 Å². The molecule has 0 bridgehead atoms. The fourth-order valence-corrected chi connectivity index (χ4v) is 5.95. The maximum atomic E-state index is 14.4. The van der Waals surface area contributed by atoms with Crippen molar-refractivity contribution in [1.29, 1.82) is 0 Å². The van der Waals surface area contributed by atoms with E-state index in [4.69, 9.17) is 11.6 Å². The van der Waals surface area contributed by atoms with Gasteiger partial charge in [-0.25, -0.2) is 14.4 Å². The van der Waals surface area contributed by atoms with Gasteiger partial charge in [-0.05, 0) is 36.6 Å². The Morgan fingerprint density at radius 1 is 1.17 bits per heavy atom. The second-order valence-corrected chi connectivity index (χ2v) is 10.0. The summed E-state index contributed by atoms with van der Waals surface area (Å²) in [6, 6.07) is 3.64. The third kappa shape index (κ3) is 4.56. The molecule has 12 heteroatoms. The quantitative estimate of drug-likeness (QED) is 0.258. The highest BCUT2D eigenvalue weighted by molar-refractivity contribution is 7.15. The molecule has 5 rings (SSSR count). The highest BCUT2D eigenvalue weighted by atomic mass is 35.5. The molecule has 1 aromatic carbocycles. The molecule has 0 saturated heterocycles. The smallest absolute Gasteiger partial charge is 0.387 e. The van der Waals surface area contributed by atoms with Crippen molar-refractivity contribution in [2.45, 2.75) is 43.5 Å². The molecule has 0 spiro atoms. The van der Waals surface area contributed by atoms with Gasteiger partial charge in [0.1, 0.15) is 23.9 Å². The van der Waals surface area contributed by atoms with E-state index in [2.05, 4.69) is 19.7 Å². The number of nitrogens with one attached hydrogen (secondary N) is 1. The monoisotopic (exact) mass is 541 g/mol. The van der Waals surface area contributed by atoms with Crippen LogP contribution in [0.1, 0.15) is 40.8 Å². The van der Waals surface area contributed by atoms with Gasteiger partial charge >= 0.3 is 6.61 Å². The zero-order valence-corrected chi connectivity index (χ0v) is 20.0. The van der Waals surface area contributed by atoms with Gasteiger partial charge in [0.05, 0.1) is 27.1 Å². The summed E-state index contributed by atoms with van der Waals surface area (Å²) in [5.41, 5.74) is 1.23. The number of hydrogen-bond acceptors (Lipinski definition) is 6. The number of halogens is 5. The number of pyridine rings is 1. The average Bonchev–Trinajstić information content (AvgIpc) is 3.57. The molecule has 3 heterocycles. The van der Waals surface area contributed by atoms with E-state index in [9.17, 15) is 27.8 Å². The van der Waals surface area contributed by atoms with Gasteiger partial charge in [0.15, 0.2) is 0 Å². The van der Waals surface area contributed by atoms with Crippen LogP contribution in [0, 0.1) is 5.82 Å². The lowest BCUT2D eigenvalue weighted by Gasteiger charge is -2.19. The molecular weight excluding hydrogens is 522 g/mol. The first-order valence-corrected chi connectivity index (χ1v) is 12.2. The van der Waals surface area contributed by atoms with Crippen LogP contribution in [-0.4, -0.2) is 50.7 Å². The van der Waals surface area contributed by atoms with Crippen molar-refractivity contribution in [2.75, 3.05) is 6.67 Å². The van der Waals surface area contributed by atoms with Crippen molar-refractivity contribution in [2.24, 2.45) is 0 Å². The minimum absolute atomic E-state index is 0.0625. The number of aromatic nitrogens is 3. The first-order chi connectivity index (χ1) is 17.3. The van der Waals surface area contributed by atoms with Gasteiger partial charge in [-0.15, -0.1) is 11.3 Å². The Morgan fingerprint density at radius 3 is 2.61 bits per heavy atom. The van der Waals surface area contributed by atoms with Crippen molar-refractivity contribution < 1.29 is 32.5 Å². The standard InChI is InChI=1S/C24H20ClF4N3O3S/c25-21-15(27)1-2-18(35-24(28)29)20(21)13(6-26)14-8-31-22-12(14)3-11(7-30-22)19-9-32-23(36-19)10-4-16(33)17(34)5-10/h1-3,7-10,13,16-17,24,33-34H,4-6H2,(H,30,31)/t10?,13-,16-,17+/m0/s1. The molecule has 0 aliphatic heterocycles. The van der Waals surface area contributed by atoms with Gasteiger partial charge in [-0.3, -0.25) is 4.39 Å². The van der Waals surface area contributed by atoms with Crippen LogP contribution in [0.5, 0.6) is 5.75 Å². The number of rotatable bonds is 7. The number of aromatic amines is 1. The van der Waals surface area contributed by atoms with Crippen LogP contribution in [-0.2, 0) is 0 Å². The van der Waals surface area contributed by atoms with E-state index in [1.807, 2.05) is 0 Å². The molecule has 1 aliphatic carbocycles. The van der Waals surface area contributed by atoms with E-state index in [1.54, 1.807) is 18.5 Å². The minimum Gasteiger partial charge on any atom is -0.434 e. The predicted molar refractivity (Wildman–Crippen MR) is 127 cm³/mol. The summed E-state index contributed by atoms with van der Waals surface area (Å²) in [6.45, 7) is -4.26. The first-order valence-electron chi connectivity index (χ1n) is 11.0. The molecule has 4 atom stereocenters. The van der Waals surface area contributed by atoms with Gasteiger partial charge in [0, 0.05) is 46.9 Å². The Kier molecular flexibility index (Phi) is 6.90. The minimum atomic E-state index is -3.20. The van der Waals surface area contributed by atoms with Crippen molar-refractivity contribution in [1.82, 2.24) is 15.0 Å². The van der Waals surface area contributed by atoms with Gasteiger partial charge in [-0.1, -0.05) is 11.6 Å². The van der Waals surface area contributed by atoms with E-state index >= 15 is 0 Å². The van der Waals surface area contributed by atoms with Gasteiger partial charge in [0.25, 0.3) is 0 Å². The highest BCUT2D eigenvalue weighted by Gasteiger charge is 2.34. The van der Waals surface area contributed by atoms with Crippen LogP contribution in [0.4, 0.5) is 17.6 Å². The van der Waals surface area contributed by atoms with Crippen LogP contribution in [0.25, 0.3) is 21.5 Å². The number of H-pyrrole nitrogens is 1. The van der Waals surface area contributed by atoms with Crippen molar-refractivity contribution in [3.8, 4) is 16.2 Å². The SMILES string of the molecule is O[C@@H]1CC(c2ncc(-c3cnc4[nH]cc([C@H](CF)c5c(OC(F)F)ccc(F)c5Cl)c4c3)s2)C[C@@H]1O. The fourth-order valence-electron chi connectivity index (χ4n) is 4.64. The number of aliphatic hydroxyl groups excluding tert-OH is 2. The number of nitrogens with zero attached hydrogens (tertiary/aromatic N) is 2. The molecule has 0 radical (unpaired) electrons. The summed E-state index contributed by atoms with van der Waals surface area (Å²) in [6.07, 6.45) is 4.04. The topological polar surface area (TPSA) is 91.3 Å². The summed E-state index contributed by atoms with van der Waals surface area (Å²) in [4.78, 5) is 12.5. The van der Waals surface area contributed by atoms with Crippen molar-refractivity contribution in [3.63, 3.8) is 0 Å². The van der Waals surface area contributed by atoms with Gasteiger partial charge < -0.3 is 19.9 Å². The Labute approximate surface area is 211 Å². The normalized spacial score (nSPS) is 20.9. The molecule has 190 valence electrons. The lowest BCUT2D eigenvalue weighted by atomic mass is 9.91. The largest absolute Gasteiger partial charge is 0.434 e. The molecule has 1 aliphatic rings. The maximum Gasteiger partial charge on any atom is 0.387 e. The van der Waals surface area contributed by atoms with Crippen LogP contribution in [0.2, 0.25) is 5.02 Å². The van der Waals surface area contributed by atoms with Gasteiger partial charge in [-0.2, -0.15) is 8.78 Å². The zero-order chi connectivity index (χ0) is 25.6. The maximum absolute atomic E-state index is 14.4. The number of aliphatic hydroxyl groups is 2. The van der Waals surface area contributed by atoms with Gasteiger partial charge in [0.2, 0.25) is 0 Å². The number of ether oxygens (including phenoxy) is 1. The van der Waals surface area contributed by atoms with Crippen LogP contribution in [0.15, 0.2) is 36.8 Å². The molecule has 6 nitrogen and oxygen atoms in total. The summed E-state index contributed by atoms with van der Waals surface area (Å²) >= 11 is 7.50. The predicted octanol–water partition coefficient (Wildman–Crippen LogP) is 5.78. The van der Waals surface area contributed by atoms with E-state index in [1.165, 1.54) is 17.5 Å². The summed E-state index contributed by atoms with van der Waals surface area (Å²) < 4.78 is 59.2. The Hall–Kier alpha value is -2.73. The third-order valence-electron chi connectivity index (χ3n) is 6.40. The van der Waals surface area contributed by atoms with E-state index in [0.717, 1.165) is 22.0 Å². The lowest BCUT2D eigenvalue weighted by Crippen LogP contribution is -2.17. The Morgan fingerprint density at radius 2 is 1.92 bits per heavy atom. The molecule has 1 saturated carbocycles. The first kappa shape index (κ1) is 24.9. The molecule has 1 fully saturated rings. The summed E-state index contributed by atoms with van der Waals surface area (Å²) in [5.74, 6) is -2.56. The highest BCUT2D eigenvalue weighted by Crippen LogP contribution is 2.43. The van der Waals surface area contributed by atoms with Crippen LogP contribution >= 0.6 is 22.9 Å². The fraction of sp³-hybridized carbons (Fsp3) is 0.333. The van der Waals surface area contributed by atoms with Crippen LogP contribution < -0.4 is 4.74 Å². The van der Waals surface area contributed by atoms with Crippen molar-refractivity contribution in [3.05, 3.63) is 63.8 Å². The molecule has 0 amide bonds. The zero-order valence-electron chi connectivity index (χ0n) is 18.5. The molecule has 1 unspecified atom stereocenters. The van der Waals surface area contributed by atoms with E-state index in [-0.39, 0.29) is 11.5 Å². The molecule has 3 N–H and O–H groups in total. The lowest BCUT2D eigenvalue weighted by molar-refractivity contribution is -0.0506. The number of alkyl halides is 3. The molecule has 3 aromatic heterocycles. The Bertz CT molecular complexity index is 1390. The number of hydrogen-bond donors (Lipinski definition) is 3. The molecular formula is C24H20ClF4N3O3S. The number of benzene rings is 1. The van der Waals surface area contributed by atoms with Crippen LogP contribution in [0.3, 0.4) is 0 Å². The third-order valence-corrected chi connectivity index (χ3v) is 8.00. The van der Waals surface area contributed by atoms with Crippen molar-refractivity contribution >= 4 is 34.0 Å². The Balaban J connectivity index is 1.54. The molecule has 36 heavy (non-hydrogen) atoms. The number of thiazole rings is 1. The molecule has 4 aromatic rings.